The van der Waals surface area contributed by atoms with Crippen molar-refractivity contribution in [2.24, 2.45) is 11.8 Å². The summed E-state index contributed by atoms with van der Waals surface area (Å²) in [6, 6.07) is 10.2. The number of thiophene rings is 1. The molecule has 3 heterocycles. The Hall–Kier alpha value is -2.71. The van der Waals surface area contributed by atoms with E-state index in [0.29, 0.717) is 18.2 Å². The molecule has 3 aromatic rings. The van der Waals surface area contributed by atoms with E-state index in [1.54, 1.807) is 11.3 Å². The SMILES string of the molecule is CCC(CC)n1c(Cc2cccs2)nc2cc(C(=O)NCC(=O)NCCCN3CC(C)CC(C)C3)ccc21. The summed E-state index contributed by atoms with van der Waals surface area (Å²) in [6.45, 7) is 12.9. The van der Waals surface area contributed by atoms with Crippen LogP contribution in [0.3, 0.4) is 0 Å². The van der Waals surface area contributed by atoms with Gasteiger partial charge < -0.3 is 20.1 Å². The normalized spacial score (nSPS) is 18.2. The summed E-state index contributed by atoms with van der Waals surface area (Å²) >= 11 is 1.74. The van der Waals surface area contributed by atoms with Gasteiger partial charge in [-0.15, -0.1) is 11.3 Å². The zero-order chi connectivity index (χ0) is 27.1. The third-order valence-corrected chi connectivity index (χ3v) is 8.45. The average Bonchev–Trinajstić information content (AvgIpc) is 3.53. The number of piperidine rings is 1. The number of fused-ring (bicyclic) bond motifs is 1. The third kappa shape index (κ3) is 7.23. The first-order valence-electron chi connectivity index (χ1n) is 14.2. The summed E-state index contributed by atoms with van der Waals surface area (Å²) in [4.78, 5) is 33.9. The second kappa shape index (κ2) is 13.4. The van der Waals surface area contributed by atoms with Gasteiger partial charge in [0.05, 0.1) is 17.6 Å². The summed E-state index contributed by atoms with van der Waals surface area (Å²) in [7, 11) is 0. The molecule has 2 unspecified atom stereocenters. The standard InChI is InChI=1S/C30H43N5O2S/c1-5-24(6-2)35-27-11-10-23(16-26(27)33-28(35)17-25-9-7-14-38-25)30(37)32-18-29(36)31-12-8-13-34-19-21(3)15-22(4)20-34/h7,9-11,14,16,21-22,24H,5-6,8,12-13,15,17-20H2,1-4H3,(H,31,36)(H,32,37). The highest BCUT2D eigenvalue weighted by atomic mass is 32.1. The van der Waals surface area contributed by atoms with Crippen LogP contribution in [-0.4, -0.2) is 59.0 Å². The molecule has 2 amide bonds. The minimum absolute atomic E-state index is 0.0273. The molecule has 0 aliphatic carbocycles. The van der Waals surface area contributed by atoms with E-state index in [-0.39, 0.29) is 18.4 Å². The molecule has 1 aromatic carbocycles. The van der Waals surface area contributed by atoms with Crippen LogP contribution in [-0.2, 0) is 11.2 Å². The Kier molecular flexibility index (Phi) is 9.97. The lowest BCUT2D eigenvalue weighted by molar-refractivity contribution is -0.120. The maximum atomic E-state index is 12.9. The molecule has 0 spiro atoms. The van der Waals surface area contributed by atoms with Crippen LogP contribution in [0.2, 0.25) is 0 Å². The minimum atomic E-state index is -0.254. The molecule has 2 atom stereocenters. The number of carbonyl (C=O) groups is 2. The second-order valence-electron chi connectivity index (χ2n) is 10.9. The van der Waals surface area contributed by atoms with Gasteiger partial charge in [-0.3, -0.25) is 9.59 Å². The minimum Gasteiger partial charge on any atom is -0.355 e. The zero-order valence-electron chi connectivity index (χ0n) is 23.3. The number of rotatable bonds is 12. The van der Waals surface area contributed by atoms with Crippen LogP contribution in [0.25, 0.3) is 11.0 Å². The van der Waals surface area contributed by atoms with Crippen molar-refractivity contribution in [3.8, 4) is 0 Å². The average molecular weight is 538 g/mol. The topological polar surface area (TPSA) is 79.3 Å². The van der Waals surface area contributed by atoms with E-state index in [4.69, 9.17) is 4.98 Å². The summed E-state index contributed by atoms with van der Waals surface area (Å²) in [5.41, 5.74) is 2.40. The van der Waals surface area contributed by atoms with E-state index in [0.717, 1.165) is 74.0 Å². The van der Waals surface area contributed by atoms with E-state index >= 15 is 0 Å². The zero-order valence-corrected chi connectivity index (χ0v) is 24.2. The molecule has 0 saturated carbocycles. The number of aromatic nitrogens is 2. The Labute approximate surface area is 231 Å². The van der Waals surface area contributed by atoms with Crippen LogP contribution in [0.4, 0.5) is 0 Å². The van der Waals surface area contributed by atoms with Crippen LogP contribution >= 0.6 is 11.3 Å². The first kappa shape index (κ1) is 28.3. The van der Waals surface area contributed by atoms with Gasteiger partial charge in [0.15, 0.2) is 0 Å². The number of amides is 2. The molecule has 2 N–H and O–H groups in total. The van der Waals surface area contributed by atoms with Crippen molar-refractivity contribution in [2.45, 2.75) is 65.8 Å². The molecule has 1 aliphatic rings. The molecule has 1 aliphatic heterocycles. The van der Waals surface area contributed by atoms with Crippen molar-refractivity contribution in [2.75, 3.05) is 32.7 Å². The van der Waals surface area contributed by atoms with Crippen molar-refractivity contribution in [1.29, 1.82) is 0 Å². The van der Waals surface area contributed by atoms with E-state index in [2.05, 4.69) is 65.3 Å². The summed E-state index contributed by atoms with van der Waals surface area (Å²) in [5.74, 6) is 2.10. The predicted molar refractivity (Wildman–Crippen MR) is 156 cm³/mol. The van der Waals surface area contributed by atoms with Gasteiger partial charge >= 0.3 is 0 Å². The smallest absolute Gasteiger partial charge is 0.251 e. The molecule has 38 heavy (non-hydrogen) atoms. The fourth-order valence-corrected chi connectivity index (χ4v) is 6.58. The molecular formula is C30H43N5O2S. The highest BCUT2D eigenvalue weighted by Gasteiger charge is 2.21. The lowest BCUT2D eigenvalue weighted by atomic mass is 9.92. The summed E-state index contributed by atoms with van der Waals surface area (Å²) in [5, 5.41) is 7.81. The first-order chi connectivity index (χ1) is 18.4. The number of likely N-dealkylation sites (tertiary alicyclic amines) is 1. The molecule has 206 valence electrons. The van der Waals surface area contributed by atoms with Gasteiger partial charge in [0.25, 0.3) is 5.91 Å². The predicted octanol–water partition coefficient (Wildman–Crippen LogP) is 5.26. The monoisotopic (exact) mass is 537 g/mol. The largest absolute Gasteiger partial charge is 0.355 e. The number of hydrogen-bond donors (Lipinski definition) is 2. The van der Waals surface area contributed by atoms with Gasteiger partial charge in [-0.2, -0.15) is 0 Å². The molecule has 4 rings (SSSR count). The maximum absolute atomic E-state index is 12.9. The Morgan fingerprint density at radius 2 is 1.87 bits per heavy atom. The lowest BCUT2D eigenvalue weighted by Crippen LogP contribution is -2.41. The van der Waals surface area contributed by atoms with Crippen molar-refractivity contribution in [1.82, 2.24) is 25.1 Å². The quantitative estimate of drug-likeness (QED) is 0.309. The second-order valence-corrected chi connectivity index (χ2v) is 12.0. The number of nitrogens with one attached hydrogen (secondary N) is 2. The molecule has 1 fully saturated rings. The molecular weight excluding hydrogens is 494 g/mol. The first-order valence-corrected chi connectivity index (χ1v) is 15.1. The van der Waals surface area contributed by atoms with E-state index < -0.39 is 0 Å². The highest BCUT2D eigenvalue weighted by molar-refractivity contribution is 7.09. The molecule has 7 nitrogen and oxygen atoms in total. The van der Waals surface area contributed by atoms with E-state index in [9.17, 15) is 9.59 Å². The number of nitrogens with zero attached hydrogens (tertiary/aromatic N) is 3. The van der Waals surface area contributed by atoms with Crippen molar-refractivity contribution < 1.29 is 9.59 Å². The summed E-state index contributed by atoms with van der Waals surface area (Å²) < 4.78 is 2.34. The number of imidazole rings is 1. The van der Waals surface area contributed by atoms with Crippen LogP contribution < -0.4 is 10.6 Å². The number of carbonyl (C=O) groups excluding carboxylic acids is 2. The van der Waals surface area contributed by atoms with Gasteiger partial charge in [-0.1, -0.05) is 33.8 Å². The Bertz CT molecular complexity index is 1190. The molecule has 8 heteroatoms. The van der Waals surface area contributed by atoms with Crippen molar-refractivity contribution in [3.63, 3.8) is 0 Å². The van der Waals surface area contributed by atoms with Crippen LogP contribution in [0.15, 0.2) is 35.7 Å². The van der Waals surface area contributed by atoms with Gasteiger partial charge in [0.1, 0.15) is 5.82 Å². The van der Waals surface area contributed by atoms with Crippen LogP contribution in [0.1, 0.15) is 80.5 Å². The van der Waals surface area contributed by atoms with E-state index in [1.807, 2.05) is 18.2 Å². The maximum Gasteiger partial charge on any atom is 0.251 e. The van der Waals surface area contributed by atoms with Crippen LogP contribution in [0, 0.1) is 11.8 Å². The van der Waals surface area contributed by atoms with Gasteiger partial charge in [0, 0.05) is 42.5 Å². The summed E-state index contributed by atoms with van der Waals surface area (Å²) in [6.07, 6.45) is 5.04. The van der Waals surface area contributed by atoms with Crippen molar-refractivity contribution >= 4 is 34.2 Å². The van der Waals surface area contributed by atoms with Gasteiger partial charge in [0.2, 0.25) is 5.91 Å². The van der Waals surface area contributed by atoms with Gasteiger partial charge in [-0.05, 0) is 73.7 Å². The highest BCUT2D eigenvalue weighted by Crippen LogP contribution is 2.28. The molecule has 2 aromatic heterocycles. The number of hydrogen-bond acceptors (Lipinski definition) is 5. The fourth-order valence-electron chi connectivity index (χ4n) is 5.88. The van der Waals surface area contributed by atoms with E-state index in [1.165, 1.54) is 11.3 Å². The lowest BCUT2D eigenvalue weighted by Gasteiger charge is -2.34. The van der Waals surface area contributed by atoms with Crippen molar-refractivity contribution in [3.05, 3.63) is 52.0 Å². The van der Waals surface area contributed by atoms with Gasteiger partial charge in [-0.25, -0.2) is 4.98 Å². The third-order valence-electron chi connectivity index (χ3n) is 7.57. The number of benzene rings is 1. The molecule has 1 saturated heterocycles. The molecule has 0 bridgehead atoms. The fraction of sp³-hybridized carbons (Fsp3) is 0.567. The molecule has 0 radical (unpaired) electrons. The Morgan fingerprint density at radius 3 is 2.55 bits per heavy atom. The Morgan fingerprint density at radius 1 is 1.11 bits per heavy atom. The van der Waals surface area contributed by atoms with Crippen LogP contribution in [0.5, 0.6) is 0 Å². The Balaban J connectivity index is 1.32.